The van der Waals surface area contributed by atoms with Crippen LogP contribution >= 0.6 is 11.6 Å². The zero-order valence-electron chi connectivity index (χ0n) is 9.90. The van der Waals surface area contributed by atoms with Crippen molar-refractivity contribution in [2.24, 2.45) is 0 Å². The first-order valence-corrected chi connectivity index (χ1v) is 7.45. The minimum Gasteiger partial charge on any atom is -0.355 e. The molecule has 2 rings (SSSR count). The molecule has 1 aromatic rings. The average molecular weight is 307 g/mol. The summed E-state index contributed by atoms with van der Waals surface area (Å²) in [6.45, 7) is 0.279. The van der Waals surface area contributed by atoms with E-state index in [0.29, 0.717) is 13.0 Å². The summed E-state index contributed by atoms with van der Waals surface area (Å²) in [6, 6.07) is 3.34. The SMILES string of the molecule is O=C1CN(S(=O)(=O)c2ccc(Cl)cc2F)CCCN1. The normalized spacial score (nSPS) is 17.9. The molecule has 0 aliphatic carbocycles. The number of carbonyl (C=O) groups is 1. The third-order valence-corrected chi connectivity index (χ3v) is 4.85. The third kappa shape index (κ3) is 3.05. The van der Waals surface area contributed by atoms with Gasteiger partial charge in [0.05, 0.1) is 6.54 Å². The van der Waals surface area contributed by atoms with E-state index in [9.17, 15) is 17.6 Å². The second-order valence-corrected chi connectivity index (χ2v) is 6.46. The molecule has 1 N–H and O–H groups in total. The van der Waals surface area contributed by atoms with Crippen LogP contribution < -0.4 is 5.32 Å². The predicted molar refractivity (Wildman–Crippen MR) is 67.8 cm³/mol. The van der Waals surface area contributed by atoms with Crippen molar-refractivity contribution in [3.8, 4) is 0 Å². The van der Waals surface area contributed by atoms with Gasteiger partial charge in [-0.2, -0.15) is 4.31 Å². The van der Waals surface area contributed by atoms with Crippen molar-refractivity contribution in [1.29, 1.82) is 0 Å². The van der Waals surface area contributed by atoms with Crippen LogP contribution in [-0.2, 0) is 14.8 Å². The Morgan fingerprint density at radius 2 is 2.11 bits per heavy atom. The number of sulfonamides is 1. The summed E-state index contributed by atoms with van der Waals surface area (Å²) < 4.78 is 39.2. The maximum Gasteiger partial charge on any atom is 0.246 e. The highest BCUT2D eigenvalue weighted by Gasteiger charge is 2.30. The molecule has 5 nitrogen and oxygen atoms in total. The van der Waals surface area contributed by atoms with E-state index in [4.69, 9.17) is 11.6 Å². The van der Waals surface area contributed by atoms with E-state index in [0.717, 1.165) is 16.4 Å². The van der Waals surface area contributed by atoms with Crippen molar-refractivity contribution in [3.63, 3.8) is 0 Å². The molecule has 0 aromatic heterocycles. The van der Waals surface area contributed by atoms with Crippen molar-refractivity contribution in [3.05, 3.63) is 29.0 Å². The van der Waals surface area contributed by atoms with Crippen LogP contribution in [0.25, 0.3) is 0 Å². The molecule has 0 atom stereocenters. The quantitative estimate of drug-likeness (QED) is 0.886. The van der Waals surface area contributed by atoms with E-state index in [1.807, 2.05) is 0 Å². The van der Waals surface area contributed by atoms with Gasteiger partial charge in [0.15, 0.2) is 0 Å². The highest BCUT2D eigenvalue weighted by molar-refractivity contribution is 7.89. The van der Waals surface area contributed by atoms with E-state index < -0.39 is 26.6 Å². The van der Waals surface area contributed by atoms with Gasteiger partial charge in [0.25, 0.3) is 0 Å². The molecule has 1 amide bonds. The van der Waals surface area contributed by atoms with Gasteiger partial charge in [0.2, 0.25) is 15.9 Å². The van der Waals surface area contributed by atoms with Crippen LogP contribution in [0.15, 0.2) is 23.1 Å². The van der Waals surface area contributed by atoms with Gasteiger partial charge in [0.1, 0.15) is 10.7 Å². The summed E-state index contributed by atoms with van der Waals surface area (Å²) in [4.78, 5) is 10.9. The molecule has 1 aliphatic heterocycles. The van der Waals surface area contributed by atoms with Crippen molar-refractivity contribution in [2.75, 3.05) is 19.6 Å². The number of rotatable bonds is 2. The first-order valence-electron chi connectivity index (χ1n) is 5.63. The van der Waals surface area contributed by atoms with Gasteiger partial charge >= 0.3 is 0 Å². The lowest BCUT2D eigenvalue weighted by molar-refractivity contribution is -0.120. The largest absolute Gasteiger partial charge is 0.355 e. The Balaban J connectivity index is 2.38. The number of halogens is 2. The number of benzene rings is 1. The van der Waals surface area contributed by atoms with Gasteiger partial charge in [-0.25, -0.2) is 12.8 Å². The van der Waals surface area contributed by atoms with Gasteiger partial charge in [-0.05, 0) is 24.6 Å². The van der Waals surface area contributed by atoms with E-state index in [1.165, 1.54) is 6.07 Å². The van der Waals surface area contributed by atoms with Crippen LogP contribution in [0.2, 0.25) is 5.02 Å². The van der Waals surface area contributed by atoms with Gasteiger partial charge in [-0.15, -0.1) is 0 Å². The number of nitrogens with zero attached hydrogens (tertiary/aromatic N) is 1. The Bertz CT molecular complexity index is 606. The maximum absolute atomic E-state index is 13.7. The zero-order chi connectivity index (χ0) is 14.0. The molecule has 19 heavy (non-hydrogen) atoms. The molecular weight excluding hydrogens is 295 g/mol. The van der Waals surface area contributed by atoms with Crippen LogP contribution in [0.3, 0.4) is 0 Å². The number of hydrogen-bond acceptors (Lipinski definition) is 3. The Morgan fingerprint density at radius 1 is 1.37 bits per heavy atom. The van der Waals surface area contributed by atoms with Crippen molar-refractivity contribution >= 4 is 27.5 Å². The summed E-state index contributed by atoms with van der Waals surface area (Å²) in [5.41, 5.74) is 0. The van der Waals surface area contributed by atoms with Gasteiger partial charge in [-0.3, -0.25) is 4.79 Å². The fourth-order valence-electron chi connectivity index (χ4n) is 1.81. The van der Waals surface area contributed by atoms with Gasteiger partial charge in [-0.1, -0.05) is 11.6 Å². The van der Waals surface area contributed by atoms with Crippen LogP contribution in [0.5, 0.6) is 0 Å². The topological polar surface area (TPSA) is 66.5 Å². The van der Waals surface area contributed by atoms with E-state index in [1.54, 1.807) is 0 Å². The highest BCUT2D eigenvalue weighted by Crippen LogP contribution is 2.22. The number of amides is 1. The summed E-state index contributed by atoms with van der Waals surface area (Å²) in [5, 5.41) is 2.68. The molecule has 1 aromatic carbocycles. The van der Waals surface area contributed by atoms with Crippen LogP contribution in [-0.4, -0.2) is 38.3 Å². The lowest BCUT2D eigenvalue weighted by atomic mass is 10.3. The first kappa shape index (κ1) is 14.2. The minimum absolute atomic E-state index is 0.116. The summed E-state index contributed by atoms with van der Waals surface area (Å²) in [6.07, 6.45) is 0.486. The molecular formula is C11H12ClFN2O3S. The second kappa shape index (κ2) is 5.44. The lowest BCUT2D eigenvalue weighted by Crippen LogP contribution is -2.37. The molecule has 0 bridgehead atoms. The fraction of sp³-hybridized carbons (Fsp3) is 0.364. The van der Waals surface area contributed by atoms with Crippen LogP contribution in [0, 0.1) is 5.82 Å². The van der Waals surface area contributed by atoms with Crippen molar-refractivity contribution in [1.82, 2.24) is 9.62 Å². The van der Waals surface area contributed by atoms with E-state index in [2.05, 4.69) is 5.32 Å². The van der Waals surface area contributed by atoms with Crippen molar-refractivity contribution < 1.29 is 17.6 Å². The highest BCUT2D eigenvalue weighted by atomic mass is 35.5. The molecule has 0 unspecified atom stereocenters. The molecule has 1 aliphatic rings. The molecule has 1 fully saturated rings. The molecule has 0 spiro atoms. The molecule has 8 heteroatoms. The Hall–Kier alpha value is -1.18. The van der Waals surface area contributed by atoms with Gasteiger partial charge in [0, 0.05) is 18.1 Å². The van der Waals surface area contributed by atoms with Crippen LogP contribution in [0.4, 0.5) is 4.39 Å². The standard InChI is InChI=1S/C11H12ClFN2O3S/c12-8-2-3-10(9(13)6-8)19(17,18)15-5-1-4-14-11(16)7-15/h2-3,6H,1,4-5,7H2,(H,14,16). The molecule has 1 heterocycles. The summed E-state index contributed by atoms with van der Waals surface area (Å²) in [7, 11) is -4.03. The number of carbonyl (C=O) groups excluding carboxylic acids is 1. The predicted octanol–water partition coefficient (Wildman–Crippen LogP) is 0.990. The molecule has 0 saturated carbocycles. The Labute approximate surface area is 115 Å². The lowest BCUT2D eigenvalue weighted by Gasteiger charge is -2.19. The molecule has 0 radical (unpaired) electrons. The van der Waals surface area contributed by atoms with Gasteiger partial charge < -0.3 is 5.32 Å². The Morgan fingerprint density at radius 3 is 2.79 bits per heavy atom. The zero-order valence-corrected chi connectivity index (χ0v) is 11.5. The maximum atomic E-state index is 13.7. The van der Waals surface area contributed by atoms with Crippen LogP contribution in [0.1, 0.15) is 6.42 Å². The third-order valence-electron chi connectivity index (χ3n) is 2.74. The second-order valence-electron chi connectivity index (χ2n) is 4.12. The van der Waals surface area contributed by atoms with E-state index in [-0.39, 0.29) is 18.1 Å². The smallest absolute Gasteiger partial charge is 0.246 e. The summed E-state index contributed by atoms with van der Waals surface area (Å²) >= 11 is 5.59. The average Bonchev–Trinajstić information content (AvgIpc) is 2.53. The molecule has 104 valence electrons. The van der Waals surface area contributed by atoms with Crippen molar-refractivity contribution in [2.45, 2.75) is 11.3 Å². The minimum atomic E-state index is -4.03. The monoisotopic (exact) mass is 306 g/mol. The number of nitrogens with one attached hydrogen (secondary N) is 1. The van der Waals surface area contributed by atoms with E-state index >= 15 is 0 Å². The first-order chi connectivity index (χ1) is 8.91. The molecule has 1 saturated heterocycles. The Kier molecular flexibility index (Phi) is 4.07. The fourth-order valence-corrected chi connectivity index (χ4v) is 3.45. The number of hydrogen-bond donors (Lipinski definition) is 1. The summed E-state index contributed by atoms with van der Waals surface area (Å²) in [5.74, 6) is -1.31.